The topological polar surface area (TPSA) is 74.3 Å². The molecule has 0 aliphatic carbocycles. The second-order valence-corrected chi connectivity index (χ2v) is 6.48. The molecule has 0 saturated carbocycles. The van der Waals surface area contributed by atoms with Crippen LogP contribution in [0.1, 0.15) is 28.8 Å². The molecule has 2 aromatic rings. The Hall–Kier alpha value is -2.89. The molecule has 0 spiro atoms. The highest BCUT2D eigenvalue weighted by Gasteiger charge is 2.30. The van der Waals surface area contributed by atoms with Gasteiger partial charge in [-0.15, -0.1) is 0 Å². The molecule has 1 fully saturated rings. The Bertz CT molecular complexity index is 763. The third-order valence-corrected chi connectivity index (χ3v) is 4.56. The molecule has 136 valence electrons. The van der Waals surface area contributed by atoms with E-state index < -0.39 is 0 Å². The average Bonchev–Trinajstić information content (AvgIpc) is 3.01. The van der Waals surface area contributed by atoms with Crippen LogP contribution in [0.5, 0.6) is 0 Å². The number of aryl methyl sites for hydroxylation is 1. The Morgan fingerprint density at radius 1 is 1.27 bits per heavy atom. The first-order valence-electron chi connectivity index (χ1n) is 8.92. The van der Waals surface area contributed by atoms with Crippen LogP contribution in [0.25, 0.3) is 0 Å². The summed E-state index contributed by atoms with van der Waals surface area (Å²) in [4.78, 5) is 30.5. The van der Waals surface area contributed by atoms with Gasteiger partial charge in [-0.3, -0.25) is 9.59 Å². The van der Waals surface area contributed by atoms with Crippen LogP contribution in [-0.2, 0) is 11.2 Å². The molecule has 1 aromatic heterocycles. The van der Waals surface area contributed by atoms with Gasteiger partial charge < -0.3 is 15.5 Å². The Morgan fingerprint density at radius 3 is 2.85 bits per heavy atom. The van der Waals surface area contributed by atoms with Gasteiger partial charge >= 0.3 is 0 Å². The van der Waals surface area contributed by atoms with E-state index in [-0.39, 0.29) is 17.9 Å². The smallest absolute Gasteiger partial charge is 0.251 e. The number of benzene rings is 1. The minimum Gasteiger partial charge on any atom is -0.373 e. The first-order valence-corrected chi connectivity index (χ1v) is 8.92. The number of hydrogen-bond acceptors (Lipinski definition) is 4. The molecule has 0 radical (unpaired) electrons. The lowest BCUT2D eigenvalue weighted by molar-refractivity contribution is -0.127. The van der Waals surface area contributed by atoms with Crippen molar-refractivity contribution in [1.82, 2.24) is 15.2 Å². The van der Waals surface area contributed by atoms with E-state index in [9.17, 15) is 9.59 Å². The molecule has 0 unspecified atom stereocenters. The Balaban J connectivity index is 1.48. The fourth-order valence-electron chi connectivity index (χ4n) is 3.18. The molecule has 1 saturated heterocycles. The first kappa shape index (κ1) is 17.9. The molecular weight excluding hydrogens is 328 g/mol. The summed E-state index contributed by atoms with van der Waals surface area (Å²) in [5.41, 5.74) is 1.82. The van der Waals surface area contributed by atoms with Crippen molar-refractivity contribution in [3.05, 3.63) is 59.8 Å². The van der Waals surface area contributed by atoms with Crippen molar-refractivity contribution in [3.63, 3.8) is 0 Å². The van der Waals surface area contributed by atoms with Gasteiger partial charge in [0.05, 0.1) is 6.04 Å². The van der Waals surface area contributed by atoms with Gasteiger partial charge in [-0.1, -0.05) is 30.3 Å². The number of aromatic nitrogens is 1. The van der Waals surface area contributed by atoms with E-state index in [0.717, 1.165) is 19.4 Å². The molecule has 1 atom stereocenters. The van der Waals surface area contributed by atoms with E-state index in [2.05, 4.69) is 27.8 Å². The van der Waals surface area contributed by atoms with Crippen molar-refractivity contribution in [2.75, 3.05) is 25.5 Å². The molecule has 3 rings (SSSR count). The number of nitrogens with one attached hydrogen (secondary N) is 2. The van der Waals surface area contributed by atoms with Crippen LogP contribution in [0.15, 0.2) is 48.7 Å². The molecular formula is C20H24N4O2. The van der Waals surface area contributed by atoms with Gasteiger partial charge in [0.25, 0.3) is 5.91 Å². The average molecular weight is 352 g/mol. The lowest BCUT2D eigenvalue weighted by Crippen LogP contribution is -2.37. The third kappa shape index (κ3) is 4.59. The largest absolute Gasteiger partial charge is 0.373 e. The standard InChI is InChI=1S/C20H24N4O2/c1-21-18-12-16(9-10-22-18)20(26)23-17-13-19(25)24(14-17)11-5-8-15-6-3-2-4-7-15/h2-4,6-7,9-10,12,17H,5,8,11,13-14H2,1H3,(H,21,22)(H,23,26)/t17-/m1/s1. The number of carbonyl (C=O) groups excluding carboxylic acids is 2. The fraction of sp³-hybridized carbons (Fsp3) is 0.350. The molecule has 0 bridgehead atoms. The van der Waals surface area contributed by atoms with Gasteiger partial charge in [-0.2, -0.15) is 0 Å². The van der Waals surface area contributed by atoms with Gasteiger partial charge in [-0.25, -0.2) is 4.98 Å². The van der Waals surface area contributed by atoms with Crippen LogP contribution in [-0.4, -0.2) is 47.9 Å². The highest BCUT2D eigenvalue weighted by Crippen LogP contribution is 2.14. The summed E-state index contributed by atoms with van der Waals surface area (Å²) >= 11 is 0. The Kier molecular flexibility index (Phi) is 5.84. The molecule has 2 amide bonds. The predicted molar refractivity (Wildman–Crippen MR) is 101 cm³/mol. The van der Waals surface area contributed by atoms with Crippen LogP contribution in [0.2, 0.25) is 0 Å². The van der Waals surface area contributed by atoms with Crippen molar-refractivity contribution in [2.45, 2.75) is 25.3 Å². The zero-order chi connectivity index (χ0) is 18.4. The van der Waals surface area contributed by atoms with Crippen molar-refractivity contribution in [1.29, 1.82) is 0 Å². The second kappa shape index (κ2) is 8.47. The third-order valence-electron chi connectivity index (χ3n) is 4.56. The zero-order valence-corrected chi connectivity index (χ0v) is 14.9. The van der Waals surface area contributed by atoms with E-state index in [1.807, 2.05) is 23.1 Å². The van der Waals surface area contributed by atoms with Gasteiger partial charge in [0.2, 0.25) is 5.91 Å². The molecule has 2 heterocycles. The summed E-state index contributed by atoms with van der Waals surface area (Å²) in [6.45, 7) is 1.29. The monoisotopic (exact) mass is 352 g/mol. The number of pyridine rings is 1. The minimum atomic E-state index is -0.173. The van der Waals surface area contributed by atoms with E-state index in [0.29, 0.717) is 24.3 Å². The van der Waals surface area contributed by atoms with E-state index in [1.54, 1.807) is 25.4 Å². The van der Waals surface area contributed by atoms with Gasteiger partial charge in [-0.05, 0) is 30.5 Å². The first-order chi connectivity index (χ1) is 12.7. The van der Waals surface area contributed by atoms with Crippen LogP contribution in [0, 0.1) is 0 Å². The maximum atomic E-state index is 12.4. The summed E-state index contributed by atoms with van der Waals surface area (Å²) in [6.07, 6.45) is 3.83. The molecule has 6 nitrogen and oxygen atoms in total. The van der Waals surface area contributed by atoms with Crippen LogP contribution in [0.4, 0.5) is 5.82 Å². The van der Waals surface area contributed by atoms with E-state index in [4.69, 9.17) is 0 Å². The molecule has 1 aromatic carbocycles. The van der Waals surface area contributed by atoms with Gasteiger partial charge in [0.1, 0.15) is 5.82 Å². The van der Waals surface area contributed by atoms with Gasteiger partial charge in [0, 0.05) is 38.3 Å². The lowest BCUT2D eigenvalue weighted by atomic mass is 10.1. The van der Waals surface area contributed by atoms with Crippen molar-refractivity contribution < 1.29 is 9.59 Å². The number of anilines is 1. The number of hydrogen-bond donors (Lipinski definition) is 2. The Labute approximate surface area is 153 Å². The zero-order valence-electron chi connectivity index (χ0n) is 14.9. The lowest BCUT2D eigenvalue weighted by Gasteiger charge is -2.17. The quantitative estimate of drug-likeness (QED) is 0.800. The summed E-state index contributed by atoms with van der Waals surface area (Å²) in [5.74, 6) is 0.574. The predicted octanol–water partition coefficient (Wildman–Crippen LogP) is 2.09. The number of likely N-dealkylation sites (tertiary alicyclic amines) is 1. The van der Waals surface area contributed by atoms with Crippen molar-refractivity contribution in [3.8, 4) is 0 Å². The van der Waals surface area contributed by atoms with Crippen molar-refractivity contribution >= 4 is 17.6 Å². The normalized spacial score (nSPS) is 16.6. The van der Waals surface area contributed by atoms with Crippen molar-refractivity contribution in [2.24, 2.45) is 0 Å². The number of nitrogens with zero attached hydrogens (tertiary/aromatic N) is 2. The van der Waals surface area contributed by atoms with Crippen LogP contribution in [0.3, 0.4) is 0 Å². The number of carbonyl (C=O) groups is 2. The molecule has 2 N–H and O–H groups in total. The SMILES string of the molecule is CNc1cc(C(=O)N[C@@H]2CC(=O)N(CCCc3ccccc3)C2)ccn1. The minimum absolute atomic E-state index is 0.106. The molecule has 6 heteroatoms. The van der Waals surface area contributed by atoms with Gasteiger partial charge in [0.15, 0.2) is 0 Å². The maximum absolute atomic E-state index is 12.4. The number of rotatable bonds is 7. The number of amides is 2. The summed E-state index contributed by atoms with van der Waals surface area (Å²) in [7, 11) is 1.76. The summed E-state index contributed by atoms with van der Waals surface area (Å²) < 4.78 is 0. The highest BCUT2D eigenvalue weighted by atomic mass is 16.2. The van der Waals surface area contributed by atoms with Crippen LogP contribution < -0.4 is 10.6 Å². The molecule has 1 aliphatic heterocycles. The summed E-state index contributed by atoms with van der Waals surface area (Å²) in [5, 5.41) is 5.87. The fourth-order valence-corrected chi connectivity index (χ4v) is 3.18. The second-order valence-electron chi connectivity index (χ2n) is 6.48. The van der Waals surface area contributed by atoms with E-state index >= 15 is 0 Å². The van der Waals surface area contributed by atoms with Crippen LogP contribution >= 0.6 is 0 Å². The molecule has 26 heavy (non-hydrogen) atoms. The maximum Gasteiger partial charge on any atom is 0.251 e. The highest BCUT2D eigenvalue weighted by molar-refractivity contribution is 5.95. The Morgan fingerprint density at radius 2 is 2.08 bits per heavy atom. The summed E-state index contributed by atoms with van der Waals surface area (Å²) in [6, 6.07) is 13.5. The molecule has 1 aliphatic rings. The van der Waals surface area contributed by atoms with E-state index in [1.165, 1.54) is 5.56 Å².